The van der Waals surface area contributed by atoms with Crippen LogP contribution < -0.4 is 0 Å². The van der Waals surface area contributed by atoms with Crippen molar-refractivity contribution in [2.75, 3.05) is 0 Å². The van der Waals surface area contributed by atoms with E-state index < -0.39 is 0 Å². The van der Waals surface area contributed by atoms with Gasteiger partial charge in [0.2, 0.25) is 0 Å². The predicted octanol–water partition coefficient (Wildman–Crippen LogP) is 5.82. The lowest BCUT2D eigenvalue weighted by Gasteiger charge is -2.17. The summed E-state index contributed by atoms with van der Waals surface area (Å²) in [5.74, 6) is 0. The molecule has 0 bridgehead atoms. The molecule has 22 heavy (non-hydrogen) atoms. The molecule has 0 heteroatoms. The molecule has 0 N–H and O–H groups in total. The second-order valence-electron chi connectivity index (χ2n) is 6.16. The topological polar surface area (TPSA) is 0 Å². The highest BCUT2D eigenvalue weighted by Crippen LogP contribution is 2.40. The number of rotatable bonds is 2. The lowest BCUT2D eigenvalue weighted by atomic mass is 9.87. The minimum absolute atomic E-state index is 1.21. The SMILES string of the molecule is Cc1cc(-c2ccccc2)c2c(c1-c1ccccc1)CCC2. The first-order chi connectivity index (χ1) is 10.8. The van der Waals surface area contributed by atoms with Gasteiger partial charge in [-0.2, -0.15) is 0 Å². The normalized spacial score (nSPS) is 13.1. The van der Waals surface area contributed by atoms with E-state index in [0.29, 0.717) is 0 Å². The van der Waals surface area contributed by atoms with Gasteiger partial charge in [0.15, 0.2) is 0 Å². The van der Waals surface area contributed by atoms with Crippen LogP contribution in [0.3, 0.4) is 0 Å². The first kappa shape index (κ1) is 13.3. The molecule has 0 radical (unpaired) electrons. The highest BCUT2D eigenvalue weighted by molar-refractivity contribution is 5.81. The molecule has 0 aliphatic heterocycles. The lowest BCUT2D eigenvalue weighted by Crippen LogP contribution is -1.96. The summed E-state index contributed by atoms with van der Waals surface area (Å²) < 4.78 is 0. The van der Waals surface area contributed by atoms with Crippen LogP contribution in [0.1, 0.15) is 23.1 Å². The number of benzene rings is 3. The van der Waals surface area contributed by atoms with Gasteiger partial charge >= 0.3 is 0 Å². The van der Waals surface area contributed by atoms with Crippen molar-refractivity contribution >= 4 is 0 Å². The van der Waals surface area contributed by atoms with E-state index in [4.69, 9.17) is 0 Å². The Morgan fingerprint density at radius 3 is 1.95 bits per heavy atom. The molecule has 3 aromatic carbocycles. The third-order valence-electron chi connectivity index (χ3n) is 4.75. The van der Waals surface area contributed by atoms with Crippen LogP contribution in [-0.2, 0) is 12.8 Å². The molecule has 0 saturated carbocycles. The van der Waals surface area contributed by atoms with Crippen molar-refractivity contribution in [3.05, 3.63) is 83.4 Å². The largest absolute Gasteiger partial charge is 0.0622 e. The maximum absolute atomic E-state index is 2.39. The molecule has 3 aromatic rings. The summed E-state index contributed by atoms with van der Waals surface area (Å²) in [7, 11) is 0. The molecule has 1 aliphatic rings. The third kappa shape index (κ3) is 2.16. The second-order valence-corrected chi connectivity index (χ2v) is 6.16. The number of hydrogen-bond acceptors (Lipinski definition) is 0. The Labute approximate surface area is 132 Å². The summed E-state index contributed by atoms with van der Waals surface area (Å²) in [6.07, 6.45) is 3.69. The molecular weight excluding hydrogens is 264 g/mol. The fraction of sp³-hybridized carbons (Fsp3) is 0.182. The number of fused-ring (bicyclic) bond motifs is 1. The Morgan fingerprint density at radius 1 is 0.682 bits per heavy atom. The van der Waals surface area contributed by atoms with E-state index in [2.05, 4.69) is 73.7 Å². The van der Waals surface area contributed by atoms with E-state index in [1.54, 1.807) is 11.1 Å². The zero-order valence-corrected chi connectivity index (χ0v) is 13.0. The van der Waals surface area contributed by atoms with Gasteiger partial charge in [-0.1, -0.05) is 66.7 Å². The van der Waals surface area contributed by atoms with Crippen molar-refractivity contribution in [1.82, 2.24) is 0 Å². The van der Waals surface area contributed by atoms with Crippen LogP contribution in [0.4, 0.5) is 0 Å². The van der Waals surface area contributed by atoms with Gasteiger partial charge in [-0.15, -0.1) is 0 Å². The smallest absolute Gasteiger partial charge is 0.0119 e. The van der Waals surface area contributed by atoms with E-state index in [-0.39, 0.29) is 0 Å². The Bertz CT molecular complexity index is 798. The Morgan fingerprint density at radius 2 is 1.27 bits per heavy atom. The monoisotopic (exact) mass is 284 g/mol. The molecule has 4 rings (SSSR count). The van der Waals surface area contributed by atoms with Crippen molar-refractivity contribution in [3.63, 3.8) is 0 Å². The fourth-order valence-corrected chi connectivity index (χ4v) is 3.81. The molecule has 0 aromatic heterocycles. The maximum atomic E-state index is 2.39. The number of hydrogen-bond donors (Lipinski definition) is 0. The summed E-state index contributed by atoms with van der Waals surface area (Å²) in [5.41, 5.74) is 10.1. The summed E-state index contributed by atoms with van der Waals surface area (Å²) in [6, 6.07) is 24.1. The minimum atomic E-state index is 1.21. The van der Waals surface area contributed by atoms with Crippen LogP contribution in [-0.4, -0.2) is 0 Å². The van der Waals surface area contributed by atoms with Gasteiger partial charge in [0.05, 0.1) is 0 Å². The van der Waals surface area contributed by atoms with E-state index in [1.807, 2.05) is 0 Å². The standard InChI is InChI=1S/C22H20/c1-16-15-21(17-9-4-2-5-10-17)19-13-8-14-20(19)22(16)18-11-6-3-7-12-18/h2-7,9-12,15H,8,13-14H2,1H3. The third-order valence-corrected chi connectivity index (χ3v) is 4.75. The van der Waals surface area contributed by atoms with Crippen molar-refractivity contribution in [2.24, 2.45) is 0 Å². The molecule has 0 saturated heterocycles. The zero-order chi connectivity index (χ0) is 14.9. The van der Waals surface area contributed by atoms with Crippen LogP contribution in [0.2, 0.25) is 0 Å². The molecule has 0 unspecified atom stereocenters. The average Bonchev–Trinajstić information content (AvgIpc) is 3.05. The quantitative estimate of drug-likeness (QED) is 0.556. The van der Waals surface area contributed by atoms with E-state index in [0.717, 1.165) is 0 Å². The molecule has 0 nitrogen and oxygen atoms in total. The summed E-state index contributed by atoms with van der Waals surface area (Å²) >= 11 is 0. The van der Waals surface area contributed by atoms with E-state index >= 15 is 0 Å². The average molecular weight is 284 g/mol. The van der Waals surface area contributed by atoms with E-state index in [1.165, 1.54) is 47.1 Å². The first-order valence-electron chi connectivity index (χ1n) is 8.11. The maximum Gasteiger partial charge on any atom is -0.0119 e. The summed E-state index contributed by atoms with van der Waals surface area (Å²) in [5, 5.41) is 0. The van der Waals surface area contributed by atoms with Gasteiger partial charge < -0.3 is 0 Å². The van der Waals surface area contributed by atoms with Crippen molar-refractivity contribution in [2.45, 2.75) is 26.2 Å². The molecule has 0 fully saturated rings. The molecule has 0 heterocycles. The fourth-order valence-electron chi connectivity index (χ4n) is 3.81. The second kappa shape index (κ2) is 5.46. The number of aryl methyl sites for hydroxylation is 1. The highest BCUT2D eigenvalue weighted by Gasteiger charge is 2.21. The van der Waals surface area contributed by atoms with Crippen LogP contribution in [0.5, 0.6) is 0 Å². The molecule has 0 spiro atoms. The van der Waals surface area contributed by atoms with Crippen molar-refractivity contribution in [3.8, 4) is 22.3 Å². The van der Waals surface area contributed by atoms with Gasteiger partial charge in [0.25, 0.3) is 0 Å². The van der Waals surface area contributed by atoms with Gasteiger partial charge in [0, 0.05) is 0 Å². The summed E-state index contributed by atoms with van der Waals surface area (Å²) in [6.45, 7) is 2.26. The van der Waals surface area contributed by atoms with Gasteiger partial charge in [-0.25, -0.2) is 0 Å². The molecule has 0 amide bonds. The Balaban J connectivity index is 1.96. The van der Waals surface area contributed by atoms with Crippen LogP contribution >= 0.6 is 0 Å². The van der Waals surface area contributed by atoms with Crippen molar-refractivity contribution in [1.29, 1.82) is 0 Å². The molecule has 0 atom stereocenters. The molecular formula is C22H20. The van der Waals surface area contributed by atoms with Gasteiger partial charge in [0.1, 0.15) is 0 Å². The lowest BCUT2D eigenvalue weighted by molar-refractivity contribution is 0.912. The van der Waals surface area contributed by atoms with E-state index in [9.17, 15) is 0 Å². The van der Waals surface area contributed by atoms with Crippen LogP contribution in [0.25, 0.3) is 22.3 Å². The van der Waals surface area contributed by atoms with Crippen LogP contribution in [0, 0.1) is 6.92 Å². The molecule has 108 valence electrons. The Hall–Kier alpha value is -2.34. The van der Waals surface area contributed by atoms with Crippen molar-refractivity contribution < 1.29 is 0 Å². The Kier molecular flexibility index (Phi) is 3.31. The van der Waals surface area contributed by atoms with Gasteiger partial charge in [-0.3, -0.25) is 0 Å². The zero-order valence-electron chi connectivity index (χ0n) is 13.0. The predicted molar refractivity (Wildman–Crippen MR) is 94.1 cm³/mol. The van der Waals surface area contributed by atoms with Crippen LogP contribution in [0.15, 0.2) is 66.7 Å². The molecule has 1 aliphatic carbocycles. The first-order valence-corrected chi connectivity index (χ1v) is 8.11. The van der Waals surface area contributed by atoms with Gasteiger partial charge in [-0.05, 0) is 65.1 Å². The highest BCUT2D eigenvalue weighted by atomic mass is 14.3. The summed E-state index contributed by atoms with van der Waals surface area (Å²) in [4.78, 5) is 0. The minimum Gasteiger partial charge on any atom is -0.0622 e.